The molecule has 18 heteroatoms. The molecule has 2 unspecified atom stereocenters. The number of rotatable bonds is 5. The molecule has 5 aromatic rings. The van der Waals surface area contributed by atoms with Crippen LogP contribution < -0.4 is 16.3 Å². The first-order valence-electron chi connectivity index (χ1n) is 18.5. The van der Waals surface area contributed by atoms with Crippen LogP contribution in [0.15, 0.2) is 59.7 Å². The van der Waals surface area contributed by atoms with Gasteiger partial charge in [-0.05, 0) is 68.4 Å². The van der Waals surface area contributed by atoms with Gasteiger partial charge in [0.1, 0.15) is 28.8 Å². The van der Waals surface area contributed by atoms with E-state index in [1.54, 1.807) is 24.3 Å². The van der Waals surface area contributed by atoms with Crippen LogP contribution in [0.5, 0.6) is 0 Å². The average molecular weight is 790 g/mol. The van der Waals surface area contributed by atoms with Gasteiger partial charge in [0.2, 0.25) is 11.8 Å². The smallest absolute Gasteiger partial charge is 0.327 e. The molecule has 2 atom stereocenters. The summed E-state index contributed by atoms with van der Waals surface area (Å²) in [6, 6.07) is 11.6. The van der Waals surface area contributed by atoms with Gasteiger partial charge in [-0.3, -0.25) is 33.5 Å². The summed E-state index contributed by atoms with van der Waals surface area (Å²) in [6.45, 7) is -0.279. The third kappa shape index (κ3) is 7.33. The lowest BCUT2D eigenvalue weighted by atomic mass is 9.85. The van der Waals surface area contributed by atoms with Gasteiger partial charge in [0.25, 0.3) is 11.8 Å². The Balaban J connectivity index is 0.893. The number of para-hydroxylation sites is 1. The number of carbonyl (C=O) groups is 3. The number of aromatic nitrogens is 6. The summed E-state index contributed by atoms with van der Waals surface area (Å²) in [5, 5.41) is 10.1. The lowest BCUT2D eigenvalue weighted by Crippen LogP contribution is -2.45. The number of amides is 3. The summed E-state index contributed by atoms with van der Waals surface area (Å²) in [5.74, 6) is -2.85. The van der Waals surface area contributed by atoms with Gasteiger partial charge >= 0.3 is 11.9 Å². The van der Waals surface area contributed by atoms with Gasteiger partial charge in [-0.25, -0.2) is 23.5 Å². The largest absolute Gasteiger partial charge is 0.433 e. The SMILES string of the molecule is Cn1c(=O)n(C2CCC(=O)NC2=O)c2cccc(C3CCN(C#CC4CCC(n5cc6cc(NC(=O)c7cccc(C(F)(F)F)n7)ncc6n5)CC4)CC3(F)F)c21. The lowest BCUT2D eigenvalue weighted by molar-refractivity contribution is -0.141. The second-order valence-corrected chi connectivity index (χ2v) is 14.8. The molecule has 296 valence electrons. The van der Waals surface area contributed by atoms with Crippen molar-refractivity contribution in [1.29, 1.82) is 0 Å². The molecule has 2 N–H and O–H groups in total. The number of imide groups is 1. The second kappa shape index (κ2) is 14.4. The number of alkyl halides is 5. The number of nitrogens with zero attached hydrogens (tertiary/aromatic N) is 7. The van der Waals surface area contributed by atoms with Gasteiger partial charge in [0.15, 0.2) is 0 Å². The highest BCUT2D eigenvalue weighted by molar-refractivity contribution is 6.03. The van der Waals surface area contributed by atoms with Crippen molar-refractivity contribution < 1.29 is 36.3 Å². The molecule has 0 radical (unpaired) electrons. The van der Waals surface area contributed by atoms with E-state index in [2.05, 4.69) is 37.7 Å². The predicted octanol–water partition coefficient (Wildman–Crippen LogP) is 5.55. The van der Waals surface area contributed by atoms with Gasteiger partial charge < -0.3 is 10.2 Å². The van der Waals surface area contributed by atoms with Crippen molar-refractivity contribution in [1.82, 2.24) is 39.1 Å². The first kappa shape index (κ1) is 37.8. The van der Waals surface area contributed by atoms with E-state index in [1.165, 1.54) is 33.3 Å². The monoisotopic (exact) mass is 789 g/mol. The average Bonchev–Trinajstić information content (AvgIpc) is 3.71. The van der Waals surface area contributed by atoms with Gasteiger partial charge in [-0.1, -0.05) is 24.1 Å². The standard InChI is InChI=1S/C39H36F5N9O4/c1-50-34-25(4-2-6-29(34)53(37(50)57)30-12-13-33(54)48-36(30)56)26-15-17-51(21-38(26,40)41)16-14-22-8-10-24(11-9-22)52-20-23-18-32(45-19-28(23)49-52)47-35(55)27-5-3-7-31(46-27)39(42,43)44/h2-7,18-20,22,24,26,30H,8-13,15,17,21H2,1H3,(H,47,55)(H,48,54,56). The molecule has 8 rings (SSSR count). The number of benzene rings is 1. The summed E-state index contributed by atoms with van der Waals surface area (Å²) < 4.78 is 75.5. The molecular formula is C39H36F5N9O4. The first-order valence-corrected chi connectivity index (χ1v) is 18.5. The van der Waals surface area contributed by atoms with Crippen molar-refractivity contribution in [2.24, 2.45) is 13.0 Å². The molecule has 4 aromatic heterocycles. The molecular weight excluding hydrogens is 753 g/mol. The zero-order chi connectivity index (χ0) is 40.2. The van der Waals surface area contributed by atoms with Crippen molar-refractivity contribution in [3.8, 4) is 12.0 Å². The molecule has 3 amide bonds. The number of anilines is 1. The van der Waals surface area contributed by atoms with Crippen molar-refractivity contribution in [2.75, 3.05) is 18.4 Å². The molecule has 2 aliphatic heterocycles. The van der Waals surface area contributed by atoms with Crippen LogP contribution in [0.2, 0.25) is 0 Å². The number of piperidine rings is 2. The Bertz CT molecular complexity index is 2540. The van der Waals surface area contributed by atoms with Crippen LogP contribution in [0.4, 0.5) is 27.8 Å². The molecule has 1 aliphatic carbocycles. The number of halogens is 5. The molecule has 6 heterocycles. The Kier molecular flexibility index (Phi) is 9.57. The number of aryl methyl sites for hydroxylation is 1. The third-order valence-electron chi connectivity index (χ3n) is 11.1. The van der Waals surface area contributed by atoms with Crippen molar-refractivity contribution in [3.63, 3.8) is 0 Å². The lowest BCUT2D eigenvalue weighted by Gasteiger charge is -2.37. The summed E-state index contributed by atoms with van der Waals surface area (Å²) in [7, 11) is 1.50. The van der Waals surface area contributed by atoms with Gasteiger partial charge in [0, 0.05) is 43.6 Å². The number of likely N-dealkylation sites (tertiary alicyclic amines) is 1. The topological polar surface area (TPSA) is 149 Å². The van der Waals surface area contributed by atoms with E-state index in [0.717, 1.165) is 37.8 Å². The normalized spacial score (nSPS) is 22.6. The maximum absolute atomic E-state index is 16.0. The van der Waals surface area contributed by atoms with Gasteiger partial charge in [0.05, 0.1) is 35.7 Å². The highest BCUT2D eigenvalue weighted by Gasteiger charge is 2.46. The maximum Gasteiger partial charge on any atom is 0.433 e. The minimum atomic E-state index is -4.69. The summed E-state index contributed by atoms with van der Waals surface area (Å²) in [5.41, 5.74) is -0.486. The van der Waals surface area contributed by atoms with Gasteiger partial charge in [-0.15, -0.1) is 0 Å². The Morgan fingerprint density at radius 3 is 2.53 bits per heavy atom. The number of hydrogen-bond acceptors (Lipinski definition) is 8. The summed E-state index contributed by atoms with van der Waals surface area (Å²) >= 11 is 0. The highest BCUT2D eigenvalue weighted by Crippen LogP contribution is 2.43. The number of hydrogen-bond donors (Lipinski definition) is 2. The number of nitrogens with one attached hydrogen (secondary N) is 2. The number of imidazole rings is 1. The van der Waals surface area contributed by atoms with Gasteiger partial charge in [-0.2, -0.15) is 18.3 Å². The number of pyridine rings is 2. The van der Waals surface area contributed by atoms with Crippen LogP contribution in [0.3, 0.4) is 0 Å². The molecule has 57 heavy (non-hydrogen) atoms. The van der Waals surface area contributed by atoms with E-state index >= 15 is 8.78 Å². The summed E-state index contributed by atoms with van der Waals surface area (Å²) in [6.07, 6.45) is 1.84. The number of carbonyl (C=O) groups excluding carboxylic acids is 3. The Morgan fingerprint density at radius 2 is 1.79 bits per heavy atom. The number of fused-ring (bicyclic) bond motifs is 2. The zero-order valence-corrected chi connectivity index (χ0v) is 30.5. The van der Waals surface area contributed by atoms with E-state index in [-0.39, 0.29) is 37.0 Å². The fourth-order valence-corrected chi connectivity index (χ4v) is 8.17. The minimum Gasteiger partial charge on any atom is -0.327 e. The van der Waals surface area contributed by atoms with E-state index < -0.39 is 65.4 Å². The quantitative estimate of drug-likeness (QED) is 0.134. The van der Waals surface area contributed by atoms with E-state index in [0.29, 0.717) is 34.0 Å². The fraction of sp³-hybridized carbons (Fsp3) is 0.410. The third-order valence-corrected chi connectivity index (χ3v) is 11.1. The van der Waals surface area contributed by atoms with Crippen LogP contribution in [-0.4, -0.2) is 70.5 Å². The Morgan fingerprint density at radius 1 is 1.02 bits per heavy atom. The fourth-order valence-electron chi connectivity index (χ4n) is 8.17. The highest BCUT2D eigenvalue weighted by atomic mass is 19.4. The van der Waals surface area contributed by atoms with E-state index in [1.807, 2.05) is 10.9 Å². The Hall–Kier alpha value is -6.12. The molecule has 3 aliphatic rings. The Labute approximate surface area is 321 Å². The summed E-state index contributed by atoms with van der Waals surface area (Å²) in [4.78, 5) is 59.4. The van der Waals surface area contributed by atoms with Crippen LogP contribution in [0.1, 0.15) is 84.7 Å². The molecule has 2 saturated heterocycles. The van der Waals surface area contributed by atoms with Crippen LogP contribution in [-0.2, 0) is 22.8 Å². The molecule has 1 aromatic carbocycles. The zero-order valence-electron chi connectivity index (χ0n) is 30.5. The van der Waals surface area contributed by atoms with E-state index in [9.17, 15) is 32.3 Å². The molecule has 3 fully saturated rings. The molecule has 13 nitrogen and oxygen atoms in total. The maximum atomic E-state index is 16.0. The van der Waals surface area contributed by atoms with Crippen molar-refractivity contribution >= 4 is 45.5 Å². The minimum absolute atomic E-state index is 0.000771. The van der Waals surface area contributed by atoms with Crippen LogP contribution in [0, 0.1) is 17.9 Å². The molecule has 0 spiro atoms. The second-order valence-electron chi connectivity index (χ2n) is 14.8. The van der Waals surface area contributed by atoms with Crippen LogP contribution in [0.25, 0.3) is 21.9 Å². The van der Waals surface area contributed by atoms with E-state index in [4.69, 9.17) is 0 Å². The first-order chi connectivity index (χ1) is 27.2. The van der Waals surface area contributed by atoms with Crippen molar-refractivity contribution in [2.45, 2.75) is 75.0 Å². The van der Waals surface area contributed by atoms with Crippen LogP contribution >= 0.6 is 0 Å². The molecule has 1 saturated carbocycles. The predicted molar refractivity (Wildman–Crippen MR) is 196 cm³/mol. The molecule has 0 bridgehead atoms. The van der Waals surface area contributed by atoms with Crippen molar-refractivity contribution in [3.05, 3.63) is 82.3 Å².